The Bertz CT molecular complexity index is 1210. The molecule has 30 heavy (non-hydrogen) atoms. The molecule has 0 fully saturated rings. The van der Waals surface area contributed by atoms with Gasteiger partial charge in [-0.15, -0.1) is 11.3 Å². The topological polar surface area (TPSA) is 92.2 Å². The fourth-order valence-corrected chi connectivity index (χ4v) is 4.00. The van der Waals surface area contributed by atoms with Crippen molar-refractivity contribution in [1.82, 2.24) is 9.97 Å². The average Bonchev–Trinajstić information content (AvgIpc) is 3.19. The number of aromatic nitrogens is 2. The summed E-state index contributed by atoms with van der Waals surface area (Å²) in [5.74, 6) is -1.78. The fraction of sp³-hybridized carbons (Fsp3) is 0. The number of carbonyl (C=O) groups is 2. The zero-order valence-electron chi connectivity index (χ0n) is 15.4. The van der Waals surface area contributed by atoms with Crippen LogP contribution in [-0.4, -0.2) is 27.0 Å². The van der Waals surface area contributed by atoms with Crippen LogP contribution in [0.5, 0.6) is 0 Å². The summed E-state index contributed by atoms with van der Waals surface area (Å²) in [6.45, 7) is 0. The molecule has 0 aliphatic rings. The first kappa shape index (κ1) is 19.8. The van der Waals surface area contributed by atoms with Gasteiger partial charge in [-0.1, -0.05) is 54.1 Å². The zero-order chi connectivity index (χ0) is 21.1. The van der Waals surface area contributed by atoms with Gasteiger partial charge in [-0.05, 0) is 23.3 Å². The molecular formula is C22H14ClN3O3S. The lowest BCUT2D eigenvalue weighted by molar-refractivity contribution is 0.0699. The van der Waals surface area contributed by atoms with Crippen LogP contribution >= 0.6 is 22.9 Å². The molecule has 2 aromatic heterocycles. The number of amides is 1. The van der Waals surface area contributed by atoms with Gasteiger partial charge in [0.15, 0.2) is 0 Å². The van der Waals surface area contributed by atoms with E-state index in [1.165, 1.54) is 11.3 Å². The van der Waals surface area contributed by atoms with Crippen LogP contribution in [0.25, 0.3) is 21.6 Å². The van der Waals surface area contributed by atoms with Crippen LogP contribution in [0.1, 0.15) is 21.0 Å². The Morgan fingerprint density at radius 1 is 0.900 bits per heavy atom. The molecule has 0 aliphatic heterocycles. The number of benzene rings is 2. The summed E-state index contributed by atoms with van der Waals surface area (Å²) < 4.78 is 0. The standard InChI is InChI=1S/C22H14ClN3O3S/c23-16-8-6-14(7-9-16)19-18(22(28)29)17(12-30-19)26-21(27)20-24-10-15(11-25-20)13-4-2-1-3-5-13/h1-12H,(H,26,27)(H,28,29). The van der Waals surface area contributed by atoms with Crippen LogP contribution in [0, 0.1) is 0 Å². The molecule has 0 spiro atoms. The molecule has 2 aromatic carbocycles. The van der Waals surface area contributed by atoms with Gasteiger partial charge < -0.3 is 10.4 Å². The van der Waals surface area contributed by atoms with Gasteiger partial charge in [0, 0.05) is 28.4 Å². The molecule has 4 aromatic rings. The third-order valence-electron chi connectivity index (χ3n) is 4.32. The highest BCUT2D eigenvalue weighted by Gasteiger charge is 2.22. The van der Waals surface area contributed by atoms with Gasteiger partial charge in [0.25, 0.3) is 5.91 Å². The van der Waals surface area contributed by atoms with Gasteiger partial charge in [0.2, 0.25) is 5.82 Å². The minimum Gasteiger partial charge on any atom is -0.478 e. The van der Waals surface area contributed by atoms with Crippen molar-refractivity contribution >= 4 is 40.5 Å². The molecule has 0 aliphatic carbocycles. The minimum absolute atomic E-state index is 0.0107. The second-order valence-corrected chi connectivity index (χ2v) is 7.60. The highest BCUT2D eigenvalue weighted by molar-refractivity contribution is 7.14. The van der Waals surface area contributed by atoms with Crippen LogP contribution in [0.2, 0.25) is 5.02 Å². The lowest BCUT2D eigenvalue weighted by Gasteiger charge is -2.06. The Kier molecular flexibility index (Phi) is 5.56. The van der Waals surface area contributed by atoms with Gasteiger partial charge in [0.05, 0.1) is 10.6 Å². The van der Waals surface area contributed by atoms with Crippen molar-refractivity contribution in [3.63, 3.8) is 0 Å². The smallest absolute Gasteiger partial charge is 0.339 e. The van der Waals surface area contributed by atoms with Gasteiger partial charge >= 0.3 is 5.97 Å². The number of carboxylic acid groups (broad SMARTS) is 1. The Balaban J connectivity index is 1.59. The summed E-state index contributed by atoms with van der Waals surface area (Å²) in [5, 5.41) is 14.4. The Morgan fingerprint density at radius 3 is 2.20 bits per heavy atom. The van der Waals surface area contributed by atoms with Crippen LogP contribution < -0.4 is 5.32 Å². The van der Waals surface area contributed by atoms with E-state index in [0.717, 1.165) is 11.1 Å². The molecule has 0 bridgehead atoms. The predicted octanol–water partition coefficient (Wildman–Crippen LogP) is 5.48. The maximum atomic E-state index is 12.6. The van der Waals surface area contributed by atoms with Gasteiger partial charge in [-0.25, -0.2) is 14.8 Å². The summed E-state index contributed by atoms with van der Waals surface area (Å²) in [4.78, 5) is 33.2. The summed E-state index contributed by atoms with van der Waals surface area (Å²) in [7, 11) is 0. The van der Waals surface area contributed by atoms with Crippen LogP contribution in [0.4, 0.5) is 5.69 Å². The molecule has 2 heterocycles. The van der Waals surface area contributed by atoms with E-state index in [1.54, 1.807) is 42.0 Å². The second-order valence-electron chi connectivity index (χ2n) is 6.28. The van der Waals surface area contributed by atoms with Crippen molar-refractivity contribution in [2.75, 3.05) is 5.32 Å². The highest BCUT2D eigenvalue weighted by Crippen LogP contribution is 2.36. The van der Waals surface area contributed by atoms with Crippen LogP contribution in [0.15, 0.2) is 72.4 Å². The molecular weight excluding hydrogens is 422 g/mol. The molecule has 0 unspecified atom stereocenters. The molecule has 0 radical (unpaired) electrons. The summed E-state index contributed by atoms with van der Waals surface area (Å²) >= 11 is 7.13. The van der Waals surface area contributed by atoms with Crippen molar-refractivity contribution in [2.24, 2.45) is 0 Å². The number of hydrogen-bond donors (Lipinski definition) is 2. The van der Waals surface area contributed by atoms with E-state index in [1.807, 2.05) is 30.3 Å². The van der Waals surface area contributed by atoms with E-state index in [-0.39, 0.29) is 17.1 Å². The number of aromatic carboxylic acids is 1. The van der Waals surface area contributed by atoms with Gasteiger partial charge in [-0.2, -0.15) is 0 Å². The van der Waals surface area contributed by atoms with E-state index in [0.29, 0.717) is 15.5 Å². The molecule has 6 nitrogen and oxygen atoms in total. The average molecular weight is 436 g/mol. The third-order valence-corrected chi connectivity index (χ3v) is 5.60. The zero-order valence-corrected chi connectivity index (χ0v) is 16.9. The summed E-state index contributed by atoms with van der Waals surface area (Å²) in [5.41, 5.74) is 2.61. The number of nitrogens with zero attached hydrogens (tertiary/aromatic N) is 2. The monoisotopic (exact) mass is 435 g/mol. The second kappa shape index (κ2) is 8.44. The van der Waals surface area contributed by atoms with Crippen molar-refractivity contribution in [2.45, 2.75) is 0 Å². The lowest BCUT2D eigenvalue weighted by atomic mass is 10.1. The number of nitrogens with one attached hydrogen (secondary N) is 1. The number of anilines is 1. The number of rotatable bonds is 5. The van der Waals surface area contributed by atoms with Gasteiger partial charge in [0.1, 0.15) is 5.56 Å². The summed E-state index contributed by atoms with van der Waals surface area (Å²) in [6, 6.07) is 16.4. The van der Waals surface area contributed by atoms with E-state index in [2.05, 4.69) is 15.3 Å². The number of thiophene rings is 1. The van der Waals surface area contributed by atoms with E-state index < -0.39 is 11.9 Å². The highest BCUT2D eigenvalue weighted by atomic mass is 35.5. The van der Waals surface area contributed by atoms with Crippen molar-refractivity contribution in [1.29, 1.82) is 0 Å². The lowest BCUT2D eigenvalue weighted by Crippen LogP contribution is -2.17. The van der Waals surface area contributed by atoms with Crippen molar-refractivity contribution < 1.29 is 14.7 Å². The molecule has 8 heteroatoms. The number of halogens is 1. The first-order chi connectivity index (χ1) is 14.5. The Hall–Kier alpha value is -3.55. The SMILES string of the molecule is O=C(Nc1csc(-c2ccc(Cl)cc2)c1C(=O)O)c1ncc(-c2ccccc2)cn1. The maximum absolute atomic E-state index is 12.6. The summed E-state index contributed by atoms with van der Waals surface area (Å²) in [6.07, 6.45) is 3.12. The quantitative estimate of drug-likeness (QED) is 0.433. The molecule has 0 saturated carbocycles. The van der Waals surface area contributed by atoms with Crippen LogP contribution in [0.3, 0.4) is 0 Å². The van der Waals surface area contributed by atoms with E-state index >= 15 is 0 Å². The van der Waals surface area contributed by atoms with Crippen molar-refractivity contribution in [3.05, 3.63) is 88.8 Å². The number of carbonyl (C=O) groups excluding carboxylic acids is 1. The Morgan fingerprint density at radius 2 is 1.57 bits per heavy atom. The fourth-order valence-electron chi connectivity index (χ4n) is 2.88. The number of hydrogen-bond acceptors (Lipinski definition) is 5. The Labute approximate surface area is 180 Å². The first-order valence-corrected chi connectivity index (χ1v) is 10.1. The third kappa shape index (κ3) is 4.07. The minimum atomic E-state index is -1.14. The van der Waals surface area contributed by atoms with Crippen molar-refractivity contribution in [3.8, 4) is 21.6 Å². The normalized spacial score (nSPS) is 10.6. The van der Waals surface area contributed by atoms with E-state index in [4.69, 9.17) is 11.6 Å². The largest absolute Gasteiger partial charge is 0.478 e. The predicted molar refractivity (Wildman–Crippen MR) is 117 cm³/mol. The molecule has 4 rings (SSSR count). The molecule has 0 saturated heterocycles. The number of carboxylic acids is 1. The van der Waals surface area contributed by atoms with E-state index in [9.17, 15) is 14.7 Å². The maximum Gasteiger partial charge on any atom is 0.339 e. The molecule has 1 amide bonds. The molecule has 0 atom stereocenters. The van der Waals surface area contributed by atoms with Crippen LogP contribution in [-0.2, 0) is 0 Å². The molecule has 2 N–H and O–H groups in total. The first-order valence-electron chi connectivity index (χ1n) is 8.82. The van der Waals surface area contributed by atoms with Gasteiger partial charge in [-0.3, -0.25) is 4.79 Å². The molecule has 148 valence electrons.